The molecule has 0 saturated heterocycles. The van der Waals surface area contributed by atoms with E-state index >= 15 is 0 Å². The highest BCUT2D eigenvalue weighted by molar-refractivity contribution is 7.89. The molecule has 8 heteroatoms. The van der Waals surface area contributed by atoms with Crippen LogP contribution in [0.1, 0.15) is 18.7 Å². The van der Waals surface area contributed by atoms with Crippen LogP contribution in [0, 0.1) is 0 Å². The summed E-state index contributed by atoms with van der Waals surface area (Å²) in [6.07, 6.45) is 7.99. The topological polar surface area (TPSA) is 83.9 Å². The molecule has 7 nitrogen and oxygen atoms in total. The number of hydrogen-bond donors (Lipinski definition) is 1. The summed E-state index contributed by atoms with van der Waals surface area (Å²) >= 11 is 0. The summed E-state index contributed by atoms with van der Waals surface area (Å²) in [5, 5.41) is 0.133. The SMILES string of the molecule is Cn1ccnc1CN(C1CC1)S(=O)(=O)c1cnc[nH]1. The van der Waals surface area contributed by atoms with Gasteiger partial charge in [-0.2, -0.15) is 4.31 Å². The van der Waals surface area contributed by atoms with Crippen LogP contribution in [0.5, 0.6) is 0 Å². The van der Waals surface area contributed by atoms with Crippen LogP contribution in [0.2, 0.25) is 0 Å². The Labute approximate surface area is 111 Å². The Balaban J connectivity index is 1.92. The molecule has 3 rings (SSSR count). The smallest absolute Gasteiger partial charge is 0.260 e. The van der Waals surface area contributed by atoms with Gasteiger partial charge in [-0.15, -0.1) is 0 Å². The van der Waals surface area contributed by atoms with Gasteiger partial charge in [-0.05, 0) is 12.8 Å². The van der Waals surface area contributed by atoms with E-state index in [4.69, 9.17) is 0 Å². The molecule has 0 atom stereocenters. The van der Waals surface area contributed by atoms with E-state index < -0.39 is 10.0 Å². The average Bonchev–Trinajstić information content (AvgIpc) is 2.90. The van der Waals surface area contributed by atoms with Crippen molar-refractivity contribution in [3.63, 3.8) is 0 Å². The molecule has 19 heavy (non-hydrogen) atoms. The largest absolute Gasteiger partial charge is 0.337 e. The summed E-state index contributed by atoms with van der Waals surface area (Å²) in [5.41, 5.74) is 0. The van der Waals surface area contributed by atoms with Crippen LogP contribution in [-0.4, -0.2) is 38.3 Å². The van der Waals surface area contributed by atoms with Crippen molar-refractivity contribution in [3.8, 4) is 0 Å². The van der Waals surface area contributed by atoms with E-state index in [0.29, 0.717) is 0 Å². The van der Waals surface area contributed by atoms with Gasteiger partial charge in [0.15, 0.2) is 5.03 Å². The van der Waals surface area contributed by atoms with E-state index in [0.717, 1.165) is 18.7 Å². The quantitative estimate of drug-likeness (QED) is 0.864. The highest BCUT2D eigenvalue weighted by atomic mass is 32.2. The van der Waals surface area contributed by atoms with E-state index in [1.165, 1.54) is 16.8 Å². The molecule has 102 valence electrons. The molecular weight excluding hydrogens is 266 g/mol. The average molecular weight is 281 g/mol. The van der Waals surface area contributed by atoms with Gasteiger partial charge in [0.05, 0.1) is 19.1 Å². The number of hydrogen-bond acceptors (Lipinski definition) is 4. The highest BCUT2D eigenvalue weighted by Crippen LogP contribution is 2.32. The van der Waals surface area contributed by atoms with Crippen LogP contribution < -0.4 is 0 Å². The summed E-state index contributed by atoms with van der Waals surface area (Å²) < 4.78 is 28.4. The Morgan fingerprint density at radius 2 is 2.32 bits per heavy atom. The fraction of sp³-hybridized carbons (Fsp3) is 0.455. The van der Waals surface area contributed by atoms with Gasteiger partial charge in [0.2, 0.25) is 0 Å². The number of sulfonamides is 1. The Hall–Kier alpha value is -1.67. The molecule has 1 aliphatic carbocycles. The van der Waals surface area contributed by atoms with Crippen molar-refractivity contribution in [1.29, 1.82) is 0 Å². The minimum Gasteiger partial charge on any atom is -0.337 e. The fourth-order valence-corrected chi connectivity index (χ4v) is 3.51. The van der Waals surface area contributed by atoms with Crippen molar-refractivity contribution < 1.29 is 8.42 Å². The first-order valence-corrected chi connectivity index (χ1v) is 7.49. The first-order valence-electron chi connectivity index (χ1n) is 6.05. The predicted octanol–water partition coefficient (Wildman–Crippen LogP) is 0.496. The number of rotatable bonds is 5. The molecule has 0 amide bonds. The number of H-pyrrole nitrogens is 1. The van der Waals surface area contributed by atoms with Crippen molar-refractivity contribution in [2.75, 3.05) is 0 Å². The van der Waals surface area contributed by atoms with Gasteiger partial charge in [-0.1, -0.05) is 0 Å². The lowest BCUT2D eigenvalue weighted by molar-refractivity contribution is 0.384. The van der Waals surface area contributed by atoms with E-state index in [9.17, 15) is 8.42 Å². The predicted molar refractivity (Wildman–Crippen MR) is 67.5 cm³/mol. The molecule has 2 aromatic rings. The lowest BCUT2D eigenvalue weighted by Gasteiger charge is -2.20. The number of aryl methyl sites for hydroxylation is 1. The van der Waals surface area contributed by atoms with E-state index in [-0.39, 0.29) is 17.6 Å². The minimum absolute atomic E-state index is 0.0741. The summed E-state index contributed by atoms with van der Waals surface area (Å²) in [6.45, 7) is 0.287. The van der Waals surface area contributed by atoms with Crippen LogP contribution in [0.15, 0.2) is 29.9 Å². The maximum atomic E-state index is 12.5. The number of nitrogens with one attached hydrogen (secondary N) is 1. The number of imidazole rings is 2. The van der Waals surface area contributed by atoms with E-state index in [1.807, 2.05) is 17.8 Å². The normalized spacial score (nSPS) is 16.1. The van der Waals surface area contributed by atoms with Crippen molar-refractivity contribution >= 4 is 10.0 Å². The van der Waals surface area contributed by atoms with Gasteiger partial charge in [0.1, 0.15) is 5.82 Å². The van der Waals surface area contributed by atoms with Crippen molar-refractivity contribution in [1.82, 2.24) is 23.8 Å². The van der Waals surface area contributed by atoms with Crippen LogP contribution >= 0.6 is 0 Å². The first kappa shape index (κ1) is 12.4. The third-order valence-corrected chi connectivity index (χ3v) is 5.06. The zero-order chi connectivity index (χ0) is 13.5. The van der Waals surface area contributed by atoms with Crippen molar-refractivity contribution in [3.05, 3.63) is 30.7 Å². The zero-order valence-corrected chi connectivity index (χ0v) is 11.3. The van der Waals surface area contributed by atoms with Crippen LogP contribution in [-0.2, 0) is 23.6 Å². The Bertz CT molecular complexity index is 657. The zero-order valence-electron chi connectivity index (χ0n) is 10.5. The number of aromatic nitrogens is 4. The molecule has 0 spiro atoms. The molecule has 2 heterocycles. The molecule has 0 aromatic carbocycles. The van der Waals surface area contributed by atoms with E-state index in [1.54, 1.807) is 6.20 Å². The third kappa shape index (κ3) is 2.28. The van der Waals surface area contributed by atoms with Gasteiger partial charge in [0, 0.05) is 25.5 Å². The molecule has 1 saturated carbocycles. The Kier molecular flexibility index (Phi) is 2.90. The molecular formula is C11H15N5O2S. The monoisotopic (exact) mass is 281 g/mol. The van der Waals surface area contributed by atoms with Gasteiger partial charge >= 0.3 is 0 Å². The fourth-order valence-electron chi connectivity index (χ4n) is 1.97. The second-order valence-corrected chi connectivity index (χ2v) is 6.51. The Morgan fingerprint density at radius 1 is 1.53 bits per heavy atom. The van der Waals surface area contributed by atoms with Gasteiger partial charge in [-0.3, -0.25) is 0 Å². The van der Waals surface area contributed by atoms with Crippen molar-refractivity contribution in [2.24, 2.45) is 7.05 Å². The molecule has 1 aliphatic rings. The van der Waals surface area contributed by atoms with Crippen LogP contribution in [0.3, 0.4) is 0 Å². The third-order valence-electron chi connectivity index (χ3n) is 3.23. The summed E-state index contributed by atoms with van der Waals surface area (Å²) in [7, 11) is -1.67. The molecule has 0 bridgehead atoms. The van der Waals surface area contributed by atoms with Crippen LogP contribution in [0.25, 0.3) is 0 Å². The summed E-state index contributed by atoms with van der Waals surface area (Å²) in [5.74, 6) is 0.731. The lowest BCUT2D eigenvalue weighted by atomic mass is 10.5. The highest BCUT2D eigenvalue weighted by Gasteiger charge is 2.39. The molecule has 1 fully saturated rings. The number of aromatic amines is 1. The van der Waals surface area contributed by atoms with Gasteiger partial charge in [0.25, 0.3) is 10.0 Å². The number of nitrogens with zero attached hydrogens (tertiary/aromatic N) is 4. The molecule has 1 N–H and O–H groups in total. The lowest BCUT2D eigenvalue weighted by Crippen LogP contribution is -2.33. The van der Waals surface area contributed by atoms with E-state index in [2.05, 4.69) is 15.0 Å². The molecule has 0 unspecified atom stereocenters. The minimum atomic E-state index is -3.53. The van der Waals surface area contributed by atoms with Gasteiger partial charge < -0.3 is 9.55 Å². The maximum absolute atomic E-state index is 12.5. The Morgan fingerprint density at radius 3 is 2.84 bits per heavy atom. The first-order chi connectivity index (χ1) is 9.09. The van der Waals surface area contributed by atoms with Crippen molar-refractivity contribution in [2.45, 2.75) is 30.5 Å². The second kappa shape index (κ2) is 4.46. The summed E-state index contributed by atoms with van der Waals surface area (Å²) in [6, 6.07) is 0.0741. The van der Waals surface area contributed by atoms with Gasteiger partial charge in [-0.25, -0.2) is 18.4 Å². The van der Waals surface area contributed by atoms with Crippen LogP contribution in [0.4, 0.5) is 0 Å². The molecule has 0 radical (unpaired) electrons. The molecule has 2 aromatic heterocycles. The standard InChI is InChI=1S/C11H15N5O2S/c1-15-5-4-13-10(15)7-16(9-2-3-9)19(17,18)11-6-12-8-14-11/h4-6,8-9H,2-3,7H2,1H3,(H,12,14). The molecule has 0 aliphatic heterocycles. The second-order valence-electron chi connectivity index (χ2n) is 4.65. The summed E-state index contributed by atoms with van der Waals surface area (Å²) in [4.78, 5) is 10.6. The maximum Gasteiger partial charge on any atom is 0.260 e.